The number of hydrogen-bond acceptors (Lipinski definition) is 2. The van der Waals surface area contributed by atoms with E-state index in [1.54, 1.807) is 0 Å². The highest BCUT2D eigenvalue weighted by Gasteiger charge is 2.50. The molecule has 4 rings (SSSR count). The van der Waals surface area contributed by atoms with E-state index in [0.29, 0.717) is 18.4 Å². The van der Waals surface area contributed by atoms with Crippen molar-refractivity contribution in [3.8, 4) is 0 Å². The Balaban J connectivity index is 1.66. The fourth-order valence-electron chi connectivity index (χ4n) is 5.11. The van der Waals surface area contributed by atoms with Crippen LogP contribution in [0.2, 0.25) is 0 Å². The quantitative estimate of drug-likeness (QED) is 0.835. The minimum Gasteiger partial charge on any atom is -0.215 e. The van der Waals surface area contributed by atoms with Gasteiger partial charge in [0.05, 0.1) is 5.75 Å². The van der Waals surface area contributed by atoms with Gasteiger partial charge >= 0.3 is 0 Å². The second-order valence-electron chi connectivity index (χ2n) is 7.06. The molecule has 18 heavy (non-hydrogen) atoms. The summed E-state index contributed by atoms with van der Waals surface area (Å²) < 4.78 is 26.5. The maximum atomic E-state index is 11.8. The average Bonchev–Trinajstić information content (AvgIpc) is 2.25. The minimum atomic E-state index is -3.03. The van der Waals surface area contributed by atoms with Gasteiger partial charge in [0.25, 0.3) is 0 Å². The molecule has 1 N–H and O–H groups in total. The molecule has 0 aliphatic heterocycles. The zero-order valence-electron chi connectivity index (χ0n) is 11.3. The van der Waals surface area contributed by atoms with Crippen molar-refractivity contribution in [2.75, 3.05) is 12.3 Å². The summed E-state index contributed by atoms with van der Waals surface area (Å²) in [6.45, 7) is 2.63. The molecule has 4 aliphatic rings. The third kappa shape index (κ3) is 2.46. The Morgan fingerprint density at radius 3 is 2.00 bits per heavy atom. The van der Waals surface area contributed by atoms with Crippen LogP contribution < -0.4 is 4.72 Å². The molecule has 0 amide bonds. The van der Waals surface area contributed by atoms with Gasteiger partial charge in [-0.1, -0.05) is 6.92 Å². The van der Waals surface area contributed by atoms with Crippen molar-refractivity contribution >= 4 is 10.0 Å². The van der Waals surface area contributed by atoms with Crippen LogP contribution in [-0.4, -0.2) is 20.7 Å². The van der Waals surface area contributed by atoms with E-state index in [9.17, 15) is 8.42 Å². The summed E-state index contributed by atoms with van der Waals surface area (Å²) >= 11 is 0. The SMILES string of the molecule is CCCS(=O)(=O)NCC12CC3CC(CC(C3)C1)C2. The van der Waals surface area contributed by atoms with E-state index in [1.165, 1.54) is 38.5 Å². The number of sulfonamides is 1. The molecule has 4 aliphatic carbocycles. The Kier molecular flexibility index (Phi) is 3.22. The zero-order chi connectivity index (χ0) is 12.8. The Labute approximate surface area is 111 Å². The predicted octanol–water partition coefficient (Wildman–Crippen LogP) is 2.53. The topological polar surface area (TPSA) is 46.2 Å². The van der Waals surface area contributed by atoms with Gasteiger partial charge in [-0.05, 0) is 68.1 Å². The van der Waals surface area contributed by atoms with Crippen LogP contribution in [0.3, 0.4) is 0 Å². The van der Waals surface area contributed by atoms with Gasteiger partial charge in [-0.2, -0.15) is 0 Å². The molecular weight excluding hydrogens is 246 g/mol. The molecule has 0 aromatic heterocycles. The van der Waals surface area contributed by atoms with Crippen LogP contribution in [0.15, 0.2) is 0 Å². The molecule has 0 radical (unpaired) electrons. The minimum absolute atomic E-state index is 0.277. The normalized spacial score (nSPS) is 42.4. The van der Waals surface area contributed by atoms with Crippen molar-refractivity contribution < 1.29 is 8.42 Å². The number of nitrogens with one attached hydrogen (secondary N) is 1. The van der Waals surface area contributed by atoms with Crippen LogP contribution in [0, 0.1) is 23.2 Å². The molecule has 3 nitrogen and oxygen atoms in total. The van der Waals surface area contributed by atoms with Crippen molar-refractivity contribution in [3.05, 3.63) is 0 Å². The molecule has 4 saturated carbocycles. The summed E-state index contributed by atoms with van der Waals surface area (Å²) in [7, 11) is -3.03. The summed E-state index contributed by atoms with van der Waals surface area (Å²) in [6, 6.07) is 0. The monoisotopic (exact) mass is 271 g/mol. The number of rotatable bonds is 5. The van der Waals surface area contributed by atoms with Gasteiger partial charge in [-0.3, -0.25) is 0 Å². The lowest BCUT2D eigenvalue weighted by Crippen LogP contribution is -2.51. The first-order chi connectivity index (χ1) is 8.50. The molecule has 0 spiro atoms. The molecule has 0 atom stereocenters. The molecule has 0 heterocycles. The van der Waals surface area contributed by atoms with Crippen LogP contribution in [0.25, 0.3) is 0 Å². The third-order valence-corrected chi connectivity index (χ3v) is 6.83. The van der Waals surface area contributed by atoms with Gasteiger partial charge in [-0.15, -0.1) is 0 Å². The van der Waals surface area contributed by atoms with Crippen molar-refractivity contribution in [2.45, 2.75) is 51.9 Å². The van der Waals surface area contributed by atoms with Gasteiger partial charge in [-0.25, -0.2) is 13.1 Å². The second kappa shape index (κ2) is 4.48. The fraction of sp³-hybridized carbons (Fsp3) is 1.00. The van der Waals surface area contributed by atoms with Crippen molar-refractivity contribution in [3.63, 3.8) is 0 Å². The van der Waals surface area contributed by atoms with Crippen LogP contribution in [0.4, 0.5) is 0 Å². The Hall–Kier alpha value is -0.0900. The molecule has 4 fully saturated rings. The lowest BCUT2D eigenvalue weighted by atomic mass is 9.50. The van der Waals surface area contributed by atoms with Crippen molar-refractivity contribution in [1.29, 1.82) is 0 Å². The predicted molar refractivity (Wildman–Crippen MR) is 72.7 cm³/mol. The maximum Gasteiger partial charge on any atom is 0.211 e. The molecule has 0 aromatic carbocycles. The summed E-state index contributed by atoms with van der Waals surface area (Å²) in [4.78, 5) is 0. The molecule has 0 unspecified atom stereocenters. The zero-order valence-corrected chi connectivity index (χ0v) is 12.1. The second-order valence-corrected chi connectivity index (χ2v) is 8.98. The summed E-state index contributed by atoms with van der Waals surface area (Å²) in [5.74, 6) is 2.96. The van der Waals surface area contributed by atoms with Crippen molar-refractivity contribution in [2.24, 2.45) is 23.2 Å². The van der Waals surface area contributed by atoms with E-state index in [-0.39, 0.29) is 5.75 Å². The fourth-order valence-corrected chi connectivity index (χ4v) is 6.32. The summed E-state index contributed by atoms with van der Waals surface area (Å²) in [6.07, 6.45) is 8.77. The highest BCUT2D eigenvalue weighted by Crippen LogP contribution is 2.59. The highest BCUT2D eigenvalue weighted by molar-refractivity contribution is 7.89. The van der Waals surface area contributed by atoms with E-state index >= 15 is 0 Å². The van der Waals surface area contributed by atoms with Crippen LogP contribution in [0.1, 0.15) is 51.9 Å². The molecular formula is C14H25NO2S. The van der Waals surface area contributed by atoms with E-state index in [0.717, 1.165) is 17.8 Å². The standard InChI is InChI=1S/C14H25NO2S/c1-2-3-18(16,17)15-10-14-7-11-4-12(8-14)6-13(5-11)9-14/h11-13,15H,2-10H2,1H3. The van der Waals surface area contributed by atoms with Gasteiger partial charge < -0.3 is 0 Å². The third-order valence-electron chi connectivity index (χ3n) is 5.30. The van der Waals surface area contributed by atoms with E-state index in [4.69, 9.17) is 0 Å². The van der Waals surface area contributed by atoms with E-state index in [2.05, 4.69) is 4.72 Å². The van der Waals surface area contributed by atoms with Crippen LogP contribution in [0.5, 0.6) is 0 Å². The smallest absolute Gasteiger partial charge is 0.211 e. The lowest BCUT2D eigenvalue weighted by molar-refractivity contribution is -0.0487. The first-order valence-electron chi connectivity index (χ1n) is 7.48. The summed E-state index contributed by atoms with van der Waals surface area (Å²) in [5.41, 5.74) is 0.315. The first kappa shape index (κ1) is 12.9. The van der Waals surface area contributed by atoms with Gasteiger partial charge in [0.2, 0.25) is 10.0 Å². The van der Waals surface area contributed by atoms with E-state index < -0.39 is 10.0 Å². The largest absolute Gasteiger partial charge is 0.215 e. The van der Waals surface area contributed by atoms with Gasteiger partial charge in [0.1, 0.15) is 0 Å². The Morgan fingerprint density at radius 1 is 1.06 bits per heavy atom. The van der Waals surface area contributed by atoms with Gasteiger partial charge in [0.15, 0.2) is 0 Å². The molecule has 4 heteroatoms. The number of hydrogen-bond donors (Lipinski definition) is 1. The van der Waals surface area contributed by atoms with E-state index in [1.807, 2.05) is 6.92 Å². The average molecular weight is 271 g/mol. The van der Waals surface area contributed by atoms with Crippen LogP contribution in [-0.2, 0) is 10.0 Å². The highest BCUT2D eigenvalue weighted by atomic mass is 32.2. The first-order valence-corrected chi connectivity index (χ1v) is 9.13. The molecule has 0 saturated heterocycles. The lowest BCUT2D eigenvalue weighted by Gasteiger charge is -2.56. The Bertz CT molecular complexity index is 380. The summed E-state index contributed by atoms with van der Waals surface area (Å²) in [5, 5.41) is 0. The molecule has 4 bridgehead atoms. The molecule has 104 valence electrons. The molecule has 0 aromatic rings. The van der Waals surface area contributed by atoms with Crippen molar-refractivity contribution in [1.82, 2.24) is 4.72 Å². The Morgan fingerprint density at radius 2 is 1.56 bits per heavy atom. The van der Waals surface area contributed by atoms with Gasteiger partial charge in [0, 0.05) is 6.54 Å². The maximum absolute atomic E-state index is 11.8. The van der Waals surface area contributed by atoms with Crippen LogP contribution >= 0.6 is 0 Å².